The van der Waals surface area contributed by atoms with E-state index >= 15 is 0 Å². The number of anilines is 1. The maximum Gasteiger partial charge on any atom is 0.255 e. The van der Waals surface area contributed by atoms with Crippen molar-refractivity contribution in [3.63, 3.8) is 0 Å². The summed E-state index contributed by atoms with van der Waals surface area (Å²) in [5.74, 6) is 0.592. The Hall–Kier alpha value is -1.95. The van der Waals surface area contributed by atoms with Crippen LogP contribution in [0.5, 0.6) is 0 Å². The zero-order valence-electron chi connectivity index (χ0n) is 14.1. The fourth-order valence-corrected chi connectivity index (χ4v) is 2.50. The first kappa shape index (κ1) is 16.4. The van der Waals surface area contributed by atoms with E-state index in [1.165, 1.54) is 0 Å². The van der Waals surface area contributed by atoms with Gasteiger partial charge in [0.1, 0.15) is 5.65 Å². The van der Waals surface area contributed by atoms with Gasteiger partial charge >= 0.3 is 0 Å². The van der Waals surface area contributed by atoms with Gasteiger partial charge in [0.2, 0.25) is 5.95 Å². The molecule has 2 aromatic rings. The molecule has 6 heteroatoms. The molecule has 6 nitrogen and oxygen atoms in total. The molecule has 0 aliphatic rings. The van der Waals surface area contributed by atoms with E-state index in [0.29, 0.717) is 18.1 Å². The number of nitrogens with one attached hydrogen (secondary N) is 1. The lowest BCUT2D eigenvalue weighted by atomic mass is 10.2. The van der Waals surface area contributed by atoms with Crippen LogP contribution in [-0.4, -0.2) is 46.6 Å². The number of hydrogen-bond donors (Lipinski definition) is 1. The molecule has 2 rings (SSSR count). The molecule has 2 heterocycles. The molecule has 0 radical (unpaired) electrons. The number of fused-ring (bicyclic) bond motifs is 1. The number of nitrogens with zero attached hydrogens (tertiary/aromatic N) is 4. The summed E-state index contributed by atoms with van der Waals surface area (Å²) in [5.41, 5.74) is 2.35. The maximum atomic E-state index is 12.2. The Kier molecular flexibility index (Phi) is 5.13. The molecule has 0 saturated heterocycles. The molecule has 0 aliphatic carbocycles. The zero-order valence-corrected chi connectivity index (χ0v) is 14.1. The van der Waals surface area contributed by atoms with E-state index in [2.05, 4.69) is 34.3 Å². The topological polar surface area (TPSA) is 63.1 Å². The summed E-state index contributed by atoms with van der Waals surface area (Å²) in [6, 6.07) is 1.88. The minimum absolute atomic E-state index is 0.0201. The third kappa shape index (κ3) is 3.44. The van der Waals surface area contributed by atoms with Gasteiger partial charge in [0.25, 0.3) is 5.56 Å². The summed E-state index contributed by atoms with van der Waals surface area (Å²) in [4.78, 5) is 23.5. The Morgan fingerprint density at radius 3 is 2.64 bits per heavy atom. The second-order valence-corrected chi connectivity index (χ2v) is 5.83. The molecule has 0 fully saturated rings. The Balaban J connectivity index is 2.35. The van der Waals surface area contributed by atoms with E-state index in [0.717, 1.165) is 36.2 Å². The molecule has 1 N–H and O–H groups in total. The predicted molar refractivity (Wildman–Crippen MR) is 90.6 cm³/mol. The molecular formula is C16H25N5O. The fraction of sp³-hybridized carbons (Fsp3) is 0.562. The van der Waals surface area contributed by atoms with Crippen LogP contribution in [0.3, 0.4) is 0 Å². The van der Waals surface area contributed by atoms with Crippen molar-refractivity contribution in [3.8, 4) is 0 Å². The van der Waals surface area contributed by atoms with Gasteiger partial charge < -0.3 is 10.2 Å². The average molecular weight is 303 g/mol. The number of pyridine rings is 1. The largest absolute Gasteiger partial charge is 0.354 e. The number of aryl methyl sites for hydroxylation is 3. The summed E-state index contributed by atoms with van der Waals surface area (Å²) in [7, 11) is 4.11. The van der Waals surface area contributed by atoms with Crippen LogP contribution in [0.4, 0.5) is 5.95 Å². The predicted octanol–water partition coefficient (Wildman–Crippen LogP) is 1.79. The molecule has 0 unspecified atom stereocenters. The molecule has 0 aliphatic heterocycles. The van der Waals surface area contributed by atoms with Crippen molar-refractivity contribution in [1.29, 1.82) is 0 Å². The highest BCUT2D eigenvalue weighted by Gasteiger charge is 2.11. The second-order valence-electron chi connectivity index (χ2n) is 5.83. The molecule has 120 valence electrons. The molecule has 0 amide bonds. The lowest BCUT2D eigenvalue weighted by molar-refractivity contribution is 0.405. The third-order valence-corrected chi connectivity index (χ3v) is 3.70. The lowest BCUT2D eigenvalue weighted by Crippen LogP contribution is -2.23. The van der Waals surface area contributed by atoms with E-state index in [-0.39, 0.29) is 5.56 Å². The number of hydrogen-bond acceptors (Lipinski definition) is 5. The minimum Gasteiger partial charge on any atom is -0.354 e. The van der Waals surface area contributed by atoms with Crippen LogP contribution in [0, 0.1) is 13.8 Å². The van der Waals surface area contributed by atoms with Crippen molar-refractivity contribution in [1.82, 2.24) is 19.4 Å². The van der Waals surface area contributed by atoms with Crippen LogP contribution in [-0.2, 0) is 6.54 Å². The first-order valence-electron chi connectivity index (χ1n) is 7.71. The molecule has 0 spiro atoms. The van der Waals surface area contributed by atoms with E-state index in [9.17, 15) is 4.79 Å². The Morgan fingerprint density at radius 1 is 1.27 bits per heavy atom. The Labute approximate surface area is 131 Å². The van der Waals surface area contributed by atoms with Crippen molar-refractivity contribution < 1.29 is 0 Å². The Morgan fingerprint density at radius 2 is 2.00 bits per heavy atom. The van der Waals surface area contributed by atoms with E-state index < -0.39 is 0 Å². The highest BCUT2D eigenvalue weighted by atomic mass is 16.1. The molecule has 0 bridgehead atoms. The van der Waals surface area contributed by atoms with Gasteiger partial charge in [-0.05, 0) is 53.9 Å². The highest BCUT2D eigenvalue weighted by molar-refractivity contribution is 5.79. The third-order valence-electron chi connectivity index (χ3n) is 3.70. The smallest absolute Gasteiger partial charge is 0.255 e. The quantitative estimate of drug-likeness (QED) is 0.824. The van der Waals surface area contributed by atoms with E-state index in [1.807, 2.05) is 26.8 Å². The van der Waals surface area contributed by atoms with Gasteiger partial charge in [-0.1, -0.05) is 0 Å². The highest BCUT2D eigenvalue weighted by Crippen LogP contribution is 2.17. The molecule has 2 aromatic heterocycles. The van der Waals surface area contributed by atoms with Crippen LogP contribution < -0.4 is 10.9 Å². The van der Waals surface area contributed by atoms with Crippen molar-refractivity contribution in [3.05, 3.63) is 27.7 Å². The summed E-state index contributed by atoms with van der Waals surface area (Å²) in [6.07, 6.45) is 1.02. The van der Waals surface area contributed by atoms with Crippen molar-refractivity contribution >= 4 is 17.0 Å². The SMILES string of the molecule is CCn1c(=O)c(C)cc2c(C)nc(NCCCN(C)C)nc21. The van der Waals surface area contributed by atoms with Crippen LogP contribution in [0.25, 0.3) is 11.0 Å². The standard InChI is InChI=1S/C16H25N5O/c1-6-21-14-13(10-11(2)15(21)22)12(3)18-16(19-14)17-8-7-9-20(4)5/h10H,6-9H2,1-5H3,(H,17,18,19). The van der Waals surface area contributed by atoms with Gasteiger partial charge in [0.15, 0.2) is 0 Å². The lowest BCUT2D eigenvalue weighted by Gasteiger charge is -2.13. The minimum atomic E-state index is 0.0201. The van der Waals surface area contributed by atoms with Crippen LogP contribution in [0.15, 0.2) is 10.9 Å². The first-order valence-corrected chi connectivity index (χ1v) is 7.71. The van der Waals surface area contributed by atoms with Crippen molar-refractivity contribution in [2.75, 3.05) is 32.5 Å². The number of rotatable bonds is 6. The maximum absolute atomic E-state index is 12.2. The molecule has 0 saturated carbocycles. The second kappa shape index (κ2) is 6.87. The first-order chi connectivity index (χ1) is 10.4. The van der Waals surface area contributed by atoms with Crippen LogP contribution >= 0.6 is 0 Å². The average Bonchev–Trinajstić information content (AvgIpc) is 2.46. The normalized spacial score (nSPS) is 11.4. The molecule has 0 aromatic carbocycles. The summed E-state index contributed by atoms with van der Waals surface area (Å²) < 4.78 is 1.71. The van der Waals surface area contributed by atoms with Gasteiger partial charge in [0, 0.05) is 24.0 Å². The molecule has 0 atom stereocenters. The van der Waals surface area contributed by atoms with Crippen LogP contribution in [0.2, 0.25) is 0 Å². The van der Waals surface area contributed by atoms with Gasteiger partial charge in [-0.3, -0.25) is 9.36 Å². The van der Waals surface area contributed by atoms with Crippen LogP contribution in [0.1, 0.15) is 24.6 Å². The van der Waals surface area contributed by atoms with Crippen molar-refractivity contribution in [2.24, 2.45) is 0 Å². The molecule has 22 heavy (non-hydrogen) atoms. The van der Waals surface area contributed by atoms with Crippen molar-refractivity contribution in [2.45, 2.75) is 33.7 Å². The van der Waals surface area contributed by atoms with Gasteiger partial charge in [-0.25, -0.2) is 4.98 Å². The summed E-state index contributed by atoms with van der Waals surface area (Å²) >= 11 is 0. The molecular weight excluding hydrogens is 278 g/mol. The van der Waals surface area contributed by atoms with Gasteiger partial charge in [0.05, 0.1) is 5.69 Å². The fourth-order valence-electron chi connectivity index (χ4n) is 2.50. The van der Waals surface area contributed by atoms with Gasteiger partial charge in [-0.2, -0.15) is 4.98 Å². The zero-order chi connectivity index (χ0) is 16.3. The van der Waals surface area contributed by atoms with E-state index in [1.54, 1.807) is 4.57 Å². The monoisotopic (exact) mass is 303 g/mol. The van der Waals surface area contributed by atoms with E-state index in [4.69, 9.17) is 0 Å². The van der Waals surface area contributed by atoms with Gasteiger partial charge in [-0.15, -0.1) is 0 Å². The summed E-state index contributed by atoms with van der Waals surface area (Å²) in [5, 5.41) is 4.20. The Bertz CT molecular complexity index is 721. The number of aromatic nitrogens is 3. The summed E-state index contributed by atoms with van der Waals surface area (Å²) in [6.45, 7) is 8.18.